The maximum absolute atomic E-state index is 12.2. The Morgan fingerprint density at radius 1 is 1.16 bits per heavy atom. The van der Waals surface area contributed by atoms with Crippen LogP contribution in [0.4, 0.5) is 5.82 Å². The van der Waals surface area contributed by atoms with E-state index in [0.29, 0.717) is 24.9 Å². The molecule has 2 aromatic rings. The summed E-state index contributed by atoms with van der Waals surface area (Å²) in [6, 6.07) is 7.77. The molecule has 1 saturated heterocycles. The summed E-state index contributed by atoms with van der Waals surface area (Å²) in [5, 5.41) is 0. The average molecular weight is 343 g/mol. The van der Waals surface area contributed by atoms with E-state index >= 15 is 0 Å². The zero-order chi connectivity index (χ0) is 17.6. The highest BCUT2D eigenvalue weighted by molar-refractivity contribution is 5.39. The van der Waals surface area contributed by atoms with Crippen molar-refractivity contribution in [2.24, 2.45) is 13.0 Å². The van der Waals surface area contributed by atoms with Crippen LogP contribution in [0.5, 0.6) is 11.5 Å². The fourth-order valence-electron chi connectivity index (χ4n) is 3.06. The minimum absolute atomic E-state index is 0.0390. The number of hydrogen-bond acceptors (Lipinski definition) is 5. The molecule has 1 aromatic heterocycles. The first-order valence-corrected chi connectivity index (χ1v) is 8.80. The van der Waals surface area contributed by atoms with E-state index < -0.39 is 0 Å². The van der Waals surface area contributed by atoms with Gasteiger partial charge in [-0.25, -0.2) is 4.98 Å². The van der Waals surface area contributed by atoms with E-state index in [4.69, 9.17) is 9.47 Å². The van der Waals surface area contributed by atoms with Gasteiger partial charge in [0.05, 0.1) is 13.2 Å². The number of benzene rings is 1. The highest BCUT2D eigenvalue weighted by Crippen LogP contribution is 2.28. The van der Waals surface area contributed by atoms with Crippen molar-refractivity contribution in [1.82, 2.24) is 9.55 Å². The third kappa shape index (κ3) is 4.13. The molecule has 6 nitrogen and oxygen atoms in total. The molecule has 0 amide bonds. The lowest BCUT2D eigenvalue weighted by atomic mass is 9.98. The highest BCUT2D eigenvalue weighted by Gasteiger charge is 2.23. The molecular weight excluding hydrogens is 318 g/mol. The van der Waals surface area contributed by atoms with Crippen molar-refractivity contribution in [3.05, 3.63) is 47.0 Å². The van der Waals surface area contributed by atoms with Crippen molar-refractivity contribution < 1.29 is 9.47 Å². The summed E-state index contributed by atoms with van der Waals surface area (Å²) < 4.78 is 13.2. The molecule has 134 valence electrons. The molecule has 3 rings (SSSR count). The van der Waals surface area contributed by atoms with Crippen molar-refractivity contribution in [2.45, 2.75) is 19.8 Å². The van der Waals surface area contributed by atoms with Gasteiger partial charge in [0.1, 0.15) is 0 Å². The number of aryl methyl sites for hydroxylation is 1. The van der Waals surface area contributed by atoms with E-state index in [1.54, 1.807) is 24.0 Å². The van der Waals surface area contributed by atoms with Crippen molar-refractivity contribution in [3.8, 4) is 11.5 Å². The molecule has 0 bridgehead atoms. The monoisotopic (exact) mass is 343 g/mol. The Bertz CT molecular complexity index is 752. The van der Waals surface area contributed by atoms with E-state index in [2.05, 4.69) is 9.88 Å². The Balaban J connectivity index is 1.55. The van der Waals surface area contributed by atoms with Gasteiger partial charge in [-0.15, -0.1) is 0 Å². The van der Waals surface area contributed by atoms with Gasteiger partial charge < -0.3 is 18.9 Å². The van der Waals surface area contributed by atoms with Gasteiger partial charge in [0, 0.05) is 32.5 Å². The van der Waals surface area contributed by atoms with Crippen LogP contribution < -0.4 is 19.9 Å². The summed E-state index contributed by atoms with van der Waals surface area (Å²) in [5.74, 6) is 2.61. The summed E-state index contributed by atoms with van der Waals surface area (Å²) in [7, 11) is 1.75. The summed E-state index contributed by atoms with van der Waals surface area (Å²) in [6.45, 7) is 4.91. The van der Waals surface area contributed by atoms with Crippen LogP contribution in [0.25, 0.3) is 0 Å². The molecule has 0 aliphatic carbocycles. The molecule has 0 radical (unpaired) electrons. The van der Waals surface area contributed by atoms with Crippen LogP contribution in [0.1, 0.15) is 19.8 Å². The van der Waals surface area contributed by atoms with Crippen LogP contribution in [0.3, 0.4) is 0 Å². The fraction of sp³-hybridized carbons (Fsp3) is 0.474. The van der Waals surface area contributed by atoms with Gasteiger partial charge in [-0.3, -0.25) is 4.79 Å². The second-order valence-corrected chi connectivity index (χ2v) is 6.29. The third-order valence-corrected chi connectivity index (χ3v) is 4.54. The normalized spacial score (nSPS) is 15.2. The SMILES string of the molecule is CCOc1ccccc1OCC1CCN(c2nccn(C)c2=O)CC1. The van der Waals surface area contributed by atoms with Crippen LogP contribution in [0.15, 0.2) is 41.5 Å². The zero-order valence-corrected chi connectivity index (χ0v) is 14.9. The number of nitrogens with zero attached hydrogens (tertiary/aromatic N) is 3. The minimum Gasteiger partial charge on any atom is -0.490 e. The van der Waals surface area contributed by atoms with E-state index in [-0.39, 0.29) is 5.56 Å². The van der Waals surface area contributed by atoms with E-state index in [1.807, 2.05) is 31.2 Å². The minimum atomic E-state index is -0.0390. The van der Waals surface area contributed by atoms with Crippen molar-refractivity contribution in [2.75, 3.05) is 31.2 Å². The first-order chi connectivity index (χ1) is 12.2. The predicted octanol–water partition coefficient (Wildman–Crippen LogP) is 2.47. The molecule has 0 saturated carbocycles. The van der Waals surface area contributed by atoms with Crippen LogP contribution in [-0.2, 0) is 7.05 Å². The summed E-state index contributed by atoms with van der Waals surface area (Å²) in [5.41, 5.74) is -0.0390. The van der Waals surface area contributed by atoms with E-state index in [0.717, 1.165) is 37.4 Å². The first kappa shape index (κ1) is 17.3. The molecule has 0 spiro atoms. The molecule has 1 aliphatic heterocycles. The van der Waals surface area contributed by atoms with Gasteiger partial charge >= 0.3 is 0 Å². The second kappa shape index (κ2) is 8.05. The topological polar surface area (TPSA) is 56.6 Å². The summed E-state index contributed by atoms with van der Waals surface area (Å²) in [4.78, 5) is 18.5. The van der Waals surface area contributed by atoms with Crippen LogP contribution in [0, 0.1) is 5.92 Å². The molecule has 0 atom stereocenters. The van der Waals surface area contributed by atoms with Gasteiger partial charge in [-0.2, -0.15) is 0 Å². The maximum Gasteiger partial charge on any atom is 0.293 e. The summed E-state index contributed by atoms with van der Waals surface area (Å²) >= 11 is 0. The number of aromatic nitrogens is 2. The van der Waals surface area contributed by atoms with Gasteiger partial charge in [0.25, 0.3) is 5.56 Å². The Labute approximate surface area is 148 Å². The van der Waals surface area contributed by atoms with Crippen molar-refractivity contribution in [3.63, 3.8) is 0 Å². The average Bonchev–Trinajstić information content (AvgIpc) is 2.64. The van der Waals surface area contributed by atoms with Crippen molar-refractivity contribution in [1.29, 1.82) is 0 Å². The van der Waals surface area contributed by atoms with E-state index in [1.165, 1.54) is 0 Å². The van der Waals surface area contributed by atoms with Gasteiger partial charge in [-0.1, -0.05) is 12.1 Å². The van der Waals surface area contributed by atoms with Gasteiger partial charge in [0.2, 0.25) is 0 Å². The van der Waals surface area contributed by atoms with Crippen LogP contribution in [-0.4, -0.2) is 35.9 Å². The lowest BCUT2D eigenvalue weighted by molar-refractivity contribution is 0.211. The highest BCUT2D eigenvalue weighted by atomic mass is 16.5. The van der Waals surface area contributed by atoms with Gasteiger partial charge in [0.15, 0.2) is 17.3 Å². The number of para-hydroxylation sites is 2. The van der Waals surface area contributed by atoms with Crippen LogP contribution >= 0.6 is 0 Å². The number of piperidine rings is 1. The quantitative estimate of drug-likeness (QED) is 0.806. The number of anilines is 1. The molecule has 1 aliphatic rings. The fourth-order valence-corrected chi connectivity index (χ4v) is 3.06. The molecule has 1 fully saturated rings. The largest absolute Gasteiger partial charge is 0.490 e. The van der Waals surface area contributed by atoms with Crippen molar-refractivity contribution >= 4 is 5.82 Å². The number of rotatable bonds is 6. The molecule has 0 N–H and O–H groups in total. The molecule has 6 heteroatoms. The zero-order valence-electron chi connectivity index (χ0n) is 14.9. The second-order valence-electron chi connectivity index (χ2n) is 6.29. The Morgan fingerprint density at radius 3 is 2.52 bits per heavy atom. The molecule has 2 heterocycles. The van der Waals surface area contributed by atoms with E-state index in [9.17, 15) is 4.79 Å². The first-order valence-electron chi connectivity index (χ1n) is 8.80. The summed E-state index contributed by atoms with van der Waals surface area (Å²) in [6.07, 6.45) is 5.33. The Kier molecular flexibility index (Phi) is 5.58. The molecule has 0 unspecified atom stereocenters. The Hall–Kier alpha value is -2.50. The molecule has 1 aromatic carbocycles. The third-order valence-electron chi connectivity index (χ3n) is 4.54. The molecule has 25 heavy (non-hydrogen) atoms. The number of hydrogen-bond donors (Lipinski definition) is 0. The lowest BCUT2D eigenvalue weighted by Crippen LogP contribution is -2.39. The lowest BCUT2D eigenvalue weighted by Gasteiger charge is -2.32. The number of ether oxygens (including phenoxy) is 2. The Morgan fingerprint density at radius 2 is 1.84 bits per heavy atom. The van der Waals surface area contributed by atoms with Crippen LogP contribution in [0.2, 0.25) is 0 Å². The molecular formula is C19H25N3O3. The smallest absolute Gasteiger partial charge is 0.293 e. The maximum atomic E-state index is 12.2. The predicted molar refractivity (Wildman–Crippen MR) is 97.5 cm³/mol. The van der Waals surface area contributed by atoms with Gasteiger partial charge in [-0.05, 0) is 37.8 Å². The standard InChI is InChI=1S/C19H25N3O3/c1-3-24-16-6-4-5-7-17(16)25-14-15-8-11-22(12-9-15)18-19(23)21(2)13-10-20-18/h4-7,10,13,15H,3,8-9,11-12,14H2,1-2H3.